The number of piperidine rings is 1. The fourth-order valence-corrected chi connectivity index (χ4v) is 3.49. The Balaban J connectivity index is 1.61. The topological polar surface area (TPSA) is 60.9 Å². The zero-order chi connectivity index (χ0) is 15.6. The first-order valence-electron chi connectivity index (χ1n) is 8.24. The van der Waals surface area contributed by atoms with E-state index >= 15 is 0 Å². The highest BCUT2D eigenvalue weighted by atomic mass is 16.3. The van der Waals surface area contributed by atoms with E-state index in [1.807, 2.05) is 36.7 Å². The second kappa shape index (κ2) is 6.14. The van der Waals surface area contributed by atoms with Crippen molar-refractivity contribution < 1.29 is 5.11 Å². The summed E-state index contributed by atoms with van der Waals surface area (Å²) in [5.74, 6) is 0.312. The Labute approximate surface area is 135 Å². The average molecular weight is 307 g/mol. The van der Waals surface area contributed by atoms with Crippen molar-refractivity contribution in [3.05, 3.63) is 54.4 Å². The molecule has 0 saturated carbocycles. The summed E-state index contributed by atoms with van der Waals surface area (Å²) in [6.45, 7) is 1.97. The van der Waals surface area contributed by atoms with Gasteiger partial charge < -0.3 is 15.4 Å². The van der Waals surface area contributed by atoms with Gasteiger partial charge in [0.05, 0.1) is 6.10 Å². The van der Waals surface area contributed by atoms with Crippen LogP contribution >= 0.6 is 0 Å². The number of hydrogen-bond donors (Lipinski definition) is 3. The van der Waals surface area contributed by atoms with Crippen LogP contribution in [0.25, 0.3) is 22.2 Å². The van der Waals surface area contributed by atoms with Crippen molar-refractivity contribution in [2.45, 2.75) is 18.9 Å². The van der Waals surface area contributed by atoms with Crippen molar-refractivity contribution in [1.29, 1.82) is 0 Å². The number of H-pyrrole nitrogens is 1. The molecule has 0 radical (unpaired) electrons. The first-order valence-corrected chi connectivity index (χ1v) is 8.24. The summed E-state index contributed by atoms with van der Waals surface area (Å²) in [5.41, 5.74) is 4.22. The molecule has 0 bridgehead atoms. The van der Waals surface area contributed by atoms with E-state index < -0.39 is 0 Å². The molecule has 23 heavy (non-hydrogen) atoms. The SMILES string of the molecule is OC(c1ccc(-c2ccnc3[nH]ccc23)cc1)C1CCCNC1. The van der Waals surface area contributed by atoms with Crippen LogP contribution in [0.15, 0.2) is 48.8 Å². The van der Waals surface area contributed by atoms with Crippen LogP contribution in [0, 0.1) is 5.92 Å². The van der Waals surface area contributed by atoms with Crippen molar-refractivity contribution in [3.8, 4) is 11.1 Å². The minimum atomic E-state index is -0.387. The number of benzene rings is 1. The lowest BCUT2D eigenvalue weighted by Gasteiger charge is -2.27. The van der Waals surface area contributed by atoms with Crippen LogP contribution < -0.4 is 5.32 Å². The van der Waals surface area contributed by atoms with Gasteiger partial charge in [-0.05, 0) is 48.2 Å². The number of aliphatic hydroxyl groups is 1. The molecule has 2 atom stereocenters. The largest absolute Gasteiger partial charge is 0.388 e. The van der Waals surface area contributed by atoms with Gasteiger partial charge in [0.2, 0.25) is 0 Å². The minimum absolute atomic E-state index is 0.312. The molecule has 4 rings (SSSR count). The number of pyridine rings is 1. The Morgan fingerprint density at radius 2 is 2.00 bits per heavy atom. The molecule has 4 heteroatoms. The second-order valence-corrected chi connectivity index (χ2v) is 6.27. The van der Waals surface area contributed by atoms with E-state index in [0.717, 1.165) is 53.7 Å². The number of hydrogen-bond acceptors (Lipinski definition) is 3. The summed E-state index contributed by atoms with van der Waals surface area (Å²) in [6.07, 6.45) is 5.58. The predicted octanol–water partition coefficient (Wildman–Crippen LogP) is 3.26. The first-order chi connectivity index (χ1) is 11.3. The van der Waals surface area contributed by atoms with E-state index in [1.54, 1.807) is 0 Å². The lowest BCUT2D eigenvalue weighted by molar-refractivity contribution is 0.0922. The van der Waals surface area contributed by atoms with Crippen LogP contribution in [0.3, 0.4) is 0 Å². The highest BCUT2D eigenvalue weighted by molar-refractivity contribution is 5.92. The standard InChI is InChI=1S/C19H21N3O/c23-18(15-2-1-9-20-12-15)14-5-3-13(4-6-14)16-7-10-21-19-17(16)8-11-22-19/h3-8,10-11,15,18,20,23H,1-2,9,12H2,(H,21,22). The number of aliphatic hydroxyl groups excluding tert-OH is 1. The summed E-state index contributed by atoms with van der Waals surface area (Å²) < 4.78 is 0. The van der Waals surface area contributed by atoms with Crippen molar-refractivity contribution in [2.75, 3.05) is 13.1 Å². The third-order valence-electron chi connectivity index (χ3n) is 4.80. The molecular formula is C19H21N3O. The minimum Gasteiger partial charge on any atom is -0.388 e. The summed E-state index contributed by atoms with van der Waals surface area (Å²) in [7, 11) is 0. The van der Waals surface area contributed by atoms with E-state index in [9.17, 15) is 5.11 Å². The van der Waals surface area contributed by atoms with E-state index in [2.05, 4.69) is 27.4 Å². The van der Waals surface area contributed by atoms with Gasteiger partial charge in [-0.15, -0.1) is 0 Å². The molecule has 0 amide bonds. The average Bonchev–Trinajstić information content (AvgIpc) is 3.11. The molecule has 118 valence electrons. The normalized spacial score (nSPS) is 19.8. The maximum absolute atomic E-state index is 10.6. The monoisotopic (exact) mass is 307 g/mol. The Kier molecular flexibility index (Phi) is 3.85. The predicted molar refractivity (Wildman–Crippen MR) is 92.1 cm³/mol. The zero-order valence-electron chi connectivity index (χ0n) is 13.0. The van der Waals surface area contributed by atoms with Gasteiger partial charge in [0.1, 0.15) is 5.65 Å². The van der Waals surface area contributed by atoms with Crippen LogP contribution in [-0.4, -0.2) is 28.2 Å². The molecule has 2 aromatic heterocycles. The van der Waals surface area contributed by atoms with Gasteiger partial charge in [0, 0.05) is 30.2 Å². The number of nitrogens with zero attached hydrogens (tertiary/aromatic N) is 1. The molecular weight excluding hydrogens is 286 g/mol. The van der Waals surface area contributed by atoms with Crippen LogP contribution in [0.2, 0.25) is 0 Å². The van der Waals surface area contributed by atoms with Gasteiger partial charge >= 0.3 is 0 Å². The van der Waals surface area contributed by atoms with Crippen molar-refractivity contribution >= 4 is 11.0 Å². The van der Waals surface area contributed by atoms with Crippen molar-refractivity contribution in [2.24, 2.45) is 5.92 Å². The van der Waals surface area contributed by atoms with Crippen molar-refractivity contribution in [1.82, 2.24) is 15.3 Å². The smallest absolute Gasteiger partial charge is 0.137 e. The highest BCUT2D eigenvalue weighted by Gasteiger charge is 2.22. The van der Waals surface area contributed by atoms with E-state index in [4.69, 9.17) is 0 Å². The summed E-state index contributed by atoms with van der Waals surface area (Å²) >= 11 is 0. The Bertz CT molecular complexity index is 788. The fraction of sp³-hybridized carbons (Fsp3) is 0.316. The van der Waals surface area contributed by atoms with Gasteiger partial charge in [0.15, 0.2) is 0 Å². The number of aromatic nitrogens is 2. The first kappa shape index (κ1) is 14.4. The molecule has 0 spiro atoms. The summed E-state index contributed by atoms with van der Waals surface area (Å²) in [5, 5.41) is 15.1. The second-order valence-electron chi connectivity index (χ2n) is 6.27. The Morgan fingerprint density at radius 3 is 2.78 bits per heavy atom. The fourth-order valence-electron chi connectivity index (χ4n) is 3.49. The zero-order valence-corrected chi connectivity index (χ0v) is 13.0. The third kappa shape index (κ3) is 2.76. The van der Waals surface area contributed by atoms with Gasteiger partial charge in [0.25, 0.3) is 0 Å². The molecule has 1 aliphatic heterocycles. The molecule has 3 aromatic rings. The lowest BCUT2D eigenvalue weighted by atomic mass is 9.89. The highest BCUT2D eigenvalue weighted by Crippen LogP contribution is 2.31. The van der Waals surface area contributed by atoms with Gasteiger partial charge in [-0.2, -0.15) is 0 Å². The Hall–Kier alpha value is -2.17. The van der Waals surface area contributed by atoms with Crippen LogP contribution in [0.4, 0.5) is 0 Å². The van der Waals surface area contributed by atoms with Crippen molar-refractivity contribution in [3.63, 3.8) is 0 Å². The molecule has 1 saturated heterocycles. The molecule has 2 unspecified atom stereocenters. The van der Waals surface area contributed by atoms with Gasteiger partial charge in [-0.25, -0.2) is 4.98 Å². The Morgan fingerprint density at radius 1 is 1.13 bits per heavy atom. The maximum Gasteiger partial charge on any atom is 0.137 e. The van der Waals surface area contributed by atoms with Crippen LogP contribution in [-0.2, 0) is 0 Å². The number of aromatic amines is 1. The molecule has 4 nitrogen and oxygen atoms in total. The molecule has 3 N–H and O–H groups in total. The van der Waals surface area contributed by atoms with Gasteiger partial charge in [-0.3, -0.25) is 0 Å². The van der Waals surface area contributed by atoms with E-state index in [1.165, 1.54) is 0 Å². The molecule has 0 aliphatic carbocycles. The number of nitrogens with one attached hydrogen (secondary N) is 2. The van der Waals surface area contributed by atoms with E-state index in [-0.39, 0.29) is 6.10 Å². The third-order valence-corrected chi connectivity index (χ3v) is 4.80. The van der Waals surface area contributed by atoms with Gasteiger partial charge in [-0.1, -0.05) is 24.3 Å². The van der Waals surface area contributed by atoms with Crippen LogP contribution in [0.5, 0.6) is 0 Å². The molecule has 3 heterocycles. The maximum atomic E-state index is 10.6. The van der Waals surface area contributed by atoms with E-state index in [0.29, 0.717) is 5.92 Å². The molecule has 1 fully saturated rings. The number of fused-ring (bicyclic) bond motifs is 1. The summed E-state index contributed by atoms with van der Waals surface area (Å²) in [6, 6.07) is 12.4. The molecule has 1 aliphatic rings. The quantitative estimate of drug-likeness (QED) is 0.696. The molecule has 1 aromatic carbocycles. The lowest BCUT2D eigenvalue weighted by Crippen LogP contribution is -2.33. The summed E-state index contributed by atoms with van der Waals surface area (Å²) in [4.78, 5) is 7.48. The number of rotatable bonds is 3. The van der Waals surface area contributed by atoms with Crippen LogP contribution in [0.1, 0.15) is 24.5 Å².